The molecule has 0 saturated carbocycles. The predicted octanol–water partition coefficient (Wildman–Crippen LogP) is 2.01. The highest BCUT2D eigenvalue weighted by molar-refractivity contribution is 7.89. The molecular weight excluding hydrogens is 418 g/mol. The molecule has 0 aromatic heterocycles. The highest BCUT2D eigenvalue weighted by Gasteiger charge is 2.16. The molecule has 0 fully saturated rings. The maximum atomic E-state index is 12.4. The Balaban J connectivity index is 1.92. The van der Waals surface area contributed by atoms with E-state index in [0.717, 1.165) is 0 Å². The quantitative estimate of drug-likeness (QED) is 0.537. The fourth-order valence-corrected chi connectivity index (χ4v) is 3.65. The number of amides is 2. The molecule has 31 heavy (non-hydrogen) atoms. The molecule has 0 saturated heterocycles. The van der Waals surface area contributed by atoms with Crippen LogP contribution < -0.4 is 15.4 Å². The van der Waals surface area contributed by atoms with Crippen LogP contribution in [0.25, 0.3) is 0 Å². The smallest absolute Gasteiger partial charge is 0.251 e. The summed E-state index contributed by atoms with van der Waals surface area (Å²) in [5.74, 6) is -0.833. The lowest BCUT2D eigenvalue weighted by atomic mass is 10.1. The monoisotopic (exact) mass is 445 g/mol. The van der Waals surface area contributed by atoms with Crippen molar-refractivity contribution < 1.29 is 22.8 Å². The van der Waals surface area contributed by atoms with Crippen molar-refractivity contribution in [3.8, 4) is 0 Å². The average Bonchev–Trinajstić information content (AvgIpc) is 2.70. The summed E-state index contributed by atoms with van der Waals surface area (Å²) < 4.78 is 27.3. The van der Waals surface area contributed by atoms with Crippen LogP contribution in [0.4, 0.5) is 0 Å². The van der Waals surface area contributed by atoms with Crippen molar-refractivity contribution in [2.75, 3.05) is 6.54 Å². The molecular formula is C22H27N3O5S. The minimum atomic E-state index is -3.75. The van der Waals surface area contributed by atoms with Crippen molar-refractivity contribution in [2.24, 2.45) is 0 Å². The second kappa shape index (κ2) is 9.84. The zero-order valence-electron chi connectivity index (χ0n) is 18.0. The van der Waals surface area contributed by atoms with Gasteiger partial charge in [0.25, 0.3) is 5.91 Å². The van der Waals surface area contributed by atoms with Gasteiger partial charge in [0, 0.05) is 23.2 Å². The van der Waals surface area contributed by atoms with Gasteiger partial charge in [-0.3, -0.25) is 14.4 Å². The third kappa shape index (κ3) is 7.62. The van der Waals surface area contributed by atoms with Gasteiger partial charge in [0.1, 0.15) is 0 Å². The van der Waals surface area contributed by atoms with E-state index in [9.17, 15) is 22.8 Å². The maximum absolute atomic E-state index is 12.4. The predicted molar refractivity (Wildman–Crippen MR) is 117 cm³/mol. The lowest BCUT2D eigenvalue weighted by molar-refractivity contribution is -0.121. The number of hydrogen-bond donors (Lipinski definition) is 3. The summed E-state index contributed by atoms with van der Waals surface area (Å²) in [7, 11) is -3.75. The van der Waals surface area contributed by atoms with E-state index >= 15 is 0 Å². The van der Waals surface area contributed by atoms with Crippen molar-refractivity contribution >= 4 is 27.6 Å². The molecule has 3 N–H and O–H groups in total. The van der Waals surface area contributed by atoms with Gasteiger partial charge < -0.3 is 10.6 Å². The largest absolute Gasteiger partial charge is 0.350 e. The highest BCUT2D eigenvalue weighted by Crippen LogP contribution is 2.12. The first-order valence-electron chi connectivity index (χ1n) is 9.66. The van der Waals surface area contributed by atoms with E-state index in [2.05, 4.69) is 15.4 Å². The zero-order valence-corrected chi connectivity index (χ0v) is 18.8. The first-order chi connectivity index (χ1) is 14.4. The third-order valence-corrected chi connectivity index (χ3v) is 5.59. The maximum Gasteiger partial charge on any atom is 0.251 e. The van der Waals surface area contributed by atoms with Gasteiger partial charge in [0.15, 0.2) is 5.78 Å². The Bertz CT molecular complexity index is 1050. The van der Waals surface area contributed by atoms with Crippen LogP contribution in [0.15, 0.2) is 53.4 Å². The number of sulfonamides is 1. The van der Waals surface area contributed by atoms with E-state index in [-0.39, 0.29) is 35.2 Å². The second-order valence-electron chi connectivity index (χ2n) is 8.08. The van der Waals surface area contributed by atoms with Gasteiger partial charge in [-0.05, 0) is 57.5 Å². The summed E-state index contributed by atoms with van der Waals surface area (Å²) in [5, 5.41) is 5.30. The van der Waals surface area contributed by atoms with Crippen molar-refractivity contribution in [3.63, 3.8) is 0 Å². The molecule has 2 aromatic carbocycles. The van der Waals surface area contributed by atoms with Gasteiger partial charge in [-0.25, -0.2) is 13.1 Å². The molecule has 2 amide bonds. The SMILES string of the molecule is CC(=O)c1ccc(S(=O)(=O)NCc2ccc(C(=O)NCC(=O)NC(C)(C)C)cc2)cc1. The van der Waals surface area contributed by atoms with Crippen molar-refractivity contribution in [2.45, 2.75) is 44.7 Å². The van der Waals surface area contributed by atoms with Crippen molar-refractivity contribution in [3.05, 3.63) is 65.2 Å². The summed E-state index contributed by atoms with van der Waals surface area (Å²) in [4.78, 5) is 35.3. The fourth-order valence-electron chi connectivity index (χ4n) is 2.63. The van der Waals surface area contributed by atoms with E-state index in [0.29, 0.717) is 16.7 Å². The normalized spacial score (nSPS) is 11.6. The van der Waals surface area contributed by atoms with Gasteiger partial charge in [-0.15, -0.1) is 0 Å². The van der Waals surface area contributed by atoms with Gasteiger partial charge in [0.2, 0.25) is 15.9 Å². The number of carbonyl (C=O) groups is 3. The van der Waals surface area contributed by atoms with Crippen molar-refractivity contribution in [1.82, 2.24) is 15.4 Å². The second-order valence-corrected chi connectivity index (χ2v) is 9.85. The van der Waals surface area contributed by atoms with Crippen LogP contribution >= 0.6 is 0 Å². The summed E-state index contributed by atoms with van der Waals surface area (Å²) in [6, 6.07) is 12.1. The number of Topliss-reactive ketones (excluding diaryl/α,β-unsaturated/α-hetero) is 1. The number of hydrogen-bond acceptors (Lipinski definition) is 5. The standard InChI is InChI=1S/C22H27N3O5S/c1-15(26)17-9-11-19(12-10-17)31(29,30)24-13-16-5-7-18(8-6-16)21(28)23-14-20(27)25-22(2,3)4/h5-12,24H,13-14H2,1-4H3,(H,23,28)(H,25,27). The lowest BCUT2D eigenvalue weighted by Gasteiger charge is -2.20. The molecule has 0 aliphatic heterocycles. The molecule has 9 heteroatoms. The molecule has 2 rings (SSSR count). The molecule has 2 aromatic rings. The van der Waals surface area contributed by atoms with E-state index in [1.165, 1.54) is 31.2 Å². The summed E-state index contributed by atoms with van der Waals surface area (Å²) in [5.41, 5.74) is 1.07. The van der Waals surface area contributed by atoms with Gasteiger partial charge in [0.05, 0.1) is 11.4 Å². The van der Waals surface area contributed by atoms with E-state index in [4.69, 9.17) is 0 Å². The molecule has 0 atom stereocenters. The summed E-state index contributed by atoms with van der Waals surface area (Å²) >= 11 is 0. The van der Waals surface area contributed by atoms with Gasteiger partial charge >= 0.3 is 0 Å². The van der Waals surface area contributed by atoms with Crippen LogP contribution in [-0.2, 0) is 21.4 Å². The highest BCUT2D eigenvalue weighted by atomic mass is 32.2. The van der Waals surface area contributed by atoms with Crippen LogP contribution in [0.5, 0.6) is 0 Å². The minimum Gasteiger partial charge on any atom is -0.350 e. The fraction of sp³-hybridized carbons (Fsp3) is 0.318. The molecule has 8 nitrogen and oxygen atoms in total. The molecule has 0 spiro atoms. The first-order valence-corrected chi connectivity index (χ1v) is 11.1. The van der Waals surface area contributed by atoms with Crippen LogP contribution in [0.1, 0.15) is 54.0 Å². The number of nitrogens with one attached hydrogen (secondary N) is 3. The Morgan fingerprint density at radius 1 is 0.871 bits per heavy atom. The number of carbonyl (C=O) groups excluding carboxylic acids is 3. The van der Waals surface area contributed by atoms with E-state index in [1.54, 1.807) is 24.3 Å². The molecule has 0 unspecified atom stereocenters. The minimum absolute atomic E-state index is 0.0344. The molecule has 0 bridgehead atoms. The molecule has 0 aliphatic carbocycles. The summed E-state index contributed by atoms with van der Waals surface area (Å²) in [6.07, 6.45) is 0. The van der Waals surface area contributed by atoms with Crippen LogP contribution in [0.2, 0.25) is 0 Å². The zero-order chi connectivity index (χ0) is 23.2. The Labute approximate surface area is 182 Å². The molecule has 0 aliphatic rings. The topological polar surface area (TPSA) is 121 Å². The van der Waals surface area contributed by atoms with Gasteiger partial charge in [-0.1, -0.05) is 24.3 Å². The van der Waals surface area contributed by atoms with Crippen molar-refractivity contribution in [1.29, 1.82) is 0 Å². The number of ketones is 1. The van der Waals surface area contributed by atoms with Crippen LogP contribution in [0.3, 0.4) is 0 Å². The Morgan fingerprint density at radius 2 is 1.42 bits per heavy atom. The van der Waals surface area contributed by atoms with E-state index < -0.39 is 15.9 Å². The number of benzene rings is 2. The first kappa shape index (κ1) is 24.2. The summed E-state index contributed by atoms with van der Waals surface area (Å²) in [6.45, 7) is 6.85. The Hall–Kier alpha value is -3.04. The molecule has 0 radical (unpaired) electrons. The molecule has 0 heterocycles. The third-order valence-electron chi connectivity index (χ3n) is 4.18. The molecule has 166 valence electrons. The van der Waals surface area contributed by atoms with Crippen LogP contribution in [0, 0.1) is 0 Å². The number of rotatable bonds is 8. The van der Waals surface area contributed by atoms with E-state index in [1.807, 2.05) is 20.8 Å². The average molecular weight is 446 g/mol. The Morgan fingerprint density at radius 3 is 1.94 bits per heavy atom. The Kier molecular flexibility index (Phi) is 7.70. The van der Waals surface area contributed by atoms with Gasteiger partial charge in [-0.2, -0.15) is 0 Å². The lowest BCUT2D eigenvalue weighted by Crippen LogP contribution is -2.45. The van der Waals surface area contributed by atoms with Crippen LogP contribution in [-0.4, -0.2) is 38.1 Å².